The van der Waals surface area contributed by atoms with Gasteiger partial charge in [0.2, 0.25) is 0 Å². The number of carbonyl (C=O) groups is 1. The third kappa shape index (κ3) is 3.45. The van der Waals surface area contributed by atoms with Crippen LogP contribution in [-0.2, 0) is 0 Å². The Hall–Kier alpha value is -1.22. The molecule has 0 heterocycles. The molecule has 1 aromatic rings. The van der Waals surface area contributed by atoms with Crippen molar-refractivity contribution >= 4 is 17.5 Å². The average molecular weight is 296 g/mol. The first-order valence-electron chi connectivity index (χ1n) is 7.28. The number of amides is 1. The van der Waals surface area contributed by atoms with Crippen molar-refractivity contribution in [2.75, 3.05) is 6.54 Å². The van der Waals surface area contributed by atoms with Gasteiger partial charge in [-0.05, 0) is 37.0 Å². The smallest absolute Gasteiger partial charge is 0.257 e. The van der Waals surface area contributed by atoms with Crippen LogP contribution in [0.3, 0.4) is 0 Å². The second-order valence-corrected chi connectivity index (χ2v) is 6.39. The number of phenolic OH excluding ortho intramolecular Hbond substituents is 1. The summed E-state index contributed by atoms with van der Waals surface area (Å²) in [6.45, 7) is 4.93. The molecule has 0 aliphatic heterocycles. The molecule has 0 bridgehead atoms. The lowest BCUT2D eigenvalue weighted by Gasteiger charge is -2.31. The molecule has 1 N–H and O–H groups in total. The van der Waals surface area contributed by atoms with Gasteiger partial charge in [-0.3, -0.25) is 4.79 Å². The first kappa shape index (κ1) is 15.2. The fraction of sp³-hybridized carbons (Fsp3) is 0.562. The maximum absolute atomic E-state index is 12.7. The summed E-state index contributed by atoms with van der Waals surface area (Å²) in [4.78, 5) is 14.7. The van der Waals surface area contributed by atoms with Crippen LogP contribution in [-0.4, -0.2) is 28.5 Å². The van der Waals surface area contributed by atoms with Gasteiger partial charge >= 0.3 is 0 Å². The molecule has 0 saturated heterocycles. The van der Waals surface area contributed by atoms with Crippen LogP contribution in [0.1, 0.15) is 49.9 Å². The molecule has 0 radical (unpaired) electrons. The van der Waals surface area contributed by atoms with Crippen molar-refractivity contribution in [2.45, 2.75) is 45.6 Å². The molecule has 3 nitrogen and oxygen atoms in total. The van der Waals surface area contributed by atoms with Crippen LogP contribution in [0, 0.1) is 5.92 Å². The minimum absolute atomic E-state index is 0.00570. The third-order valence-electron chi connectivity index (χ3n) is 3.78. The Bertz CT molecular complexity index is 481. The number of hydrogen-bond acceptors (Lipinski definition) is 2. The SMILES string of the molecule is CC(C)CN(C(=O)c1cc(Cl)ccc1O)C1CCCC1. The van der Waals surface area contributed by atoms with Crippen molar-refractivity contribution in [3.05, 3.63) is 28.8 Å². The Kier molecular flexibility index (Phi) is 4.92. The minimum Gasteiger partial charge on any atom is -0.507 e. The van der Waals surface area contributed by atoms with Gasteiger partial charge in [0.25, 0.3) is 5.91 Å². The quantitative estimate of drug-likeness (QED) is 0.909. The topological polar surface area (TPSA) is 40.5 Å². The van der Waals surface area contributed by atoms with E-state index in [1.54, 1.807) is 12.1 Å². The lowest BCUT2D eigenvalue weighted by atomic mass is 10.1. The van der Waals surface area contributed by atoms with Crippen molar-refractivity contribution in [3.63, 3.8) is 0 Å². The monoisotopic (exact) mass is 295 g/mol. The zero-order chi connectivity index (χ0) is 14.7. The van der Waals surface area contributed by atoms with E-state index in [0.29, 0.717) is 22.5 Å². The van der Waals surface area contributed by atoms with Gasteiger partial charge in [-0.15, -0.1) is 0 Å². The summed E-state index contributed by atoms with van der Waals surface area (Å²) in [5.74, 6) is 0.303. The molecule has 4 heteroatoms. The number of aromatic hydroxyl groups is 1. The van der Waals surface area contributed by atoms with E-state index in [0.717, 1.165) is 19.4 Å². The van der Waals surface area contributed by atoms with E-state index in [4.69, 9.17) is 11.6 Å². The Balaban J connectivity index is 2.27. The van der Waals surface area contributed by atoms with E-state index in [1.807, 2.05) is 4.90 Å². The molecule has 1 amide bonds. The second kappa shape index (κ2) is 6.49. The molecule has 20 heavy (non-hydrogen) atoms. The van der Waals surface area contributed by atoms with E-state index in [9.17, 15) is 9.90 Å². The van der Waals surface area contributed by atoms with Crippen molar-refractivity contribution in [2.24, 2.45) is 5.92 Å². The fourth-order valence-electron chi connectivity index (χ4n) is 2.84. The first-order chi connectivity index (χ1) is 9.49. The Labute approximate surface area is 125 Å². The van der Waals surface area contributed by atoms with Gasteiger partial charge in [0, 0.05) is 17.6 Å². The van der Waals surface area contributed by atoms with Crippen molar-refractivity contribution in [3.8, 4) is 5.75 Å². The van der Waals surface area contributed by atoms with E-state index in [1.165, 1.54) is 18.9 Å². The highest BCUT2D eigenvalue weighted by atomic mass is 35.5. The summed E-state index contributed by atoms with van der Waals surface area (Å²) >= 11 is 5.95. The Morgan fingerprint density at radius 1 is 1.40 bits per heavy atom. The summed E-state index contributed by atoms with van der Waals surface area (Å²) in [6, 6.07) is 4.93. The highest BCUT2D eigenvalue weighted by Gasteiger charge is 2.29. The third-order valence-corrected chi connectivity index (χ3v) is 4.01. The van der Waals surface area contributed by atoms with Crippen molar-refractivity contribution < 1.29 is 9.90 Å². The summed E-state index contributed by atoms with van der Waals surface area (Å²) < 4.78 is 0. The largest absolute Gasteiger partial charge is 0.507 e. The average Bonchev–Trinajstić information content (AvgIpc) is 2.91. The predicted molar refractivity (Wildman–Crippen MR) is 81.2 cm³/mol. The lowest BCUT2D eigenvalue weighted by Crippen LogP contribution is -2.41. The molecule has 1 aromatic carbocycles. The van der Waals surface area contributed by atoms with Gasteiger partial charge in [-0.25, -0.2) is 0 Å². The molecule has 1 aliphatic rings. The number of nitrogens with zero attached hydrogens (tertiary/aromatic N) is 1. The van der Waals surface area contributed by atoms with E-state index >= 15 is 0 Å². The molecule has 1 aliphatic carbocycles. The molecule has 2 rings (SSSR count). The number of carbonyl (C=O) groups excluding carboxylic acids is 1. The van der Waals surface area contributed by atoms with Crippen LogP contribution in [0.25, 0.3) is 0 Å². The molecular formula is C16H22ClNO2. The van der Waals surface area contributed by atoms with Crippen molar-refractivity contribution in [1.82, 2.24) is 4.90 Å². The minimum atomic E-state index is -0.106. The van der Waals surface area contributed by atoms with E-state index < -0.39 is 0 Å². The highest BCUT2D eigenvalue weighted by Crippen LogP contribution is 2.29. The first-order valence-corrected chi connectivity index (χ1v) is 7.66. The summed E-state index contributed by atoms with van der Waals surface area (Å²) in [5.41, 5.74) is 0.310. The van der Waals surface area contributed by atoms with Gasteiger partial charge in [-0.2, -0.15) is 0 Å². The van der Waals surface area contributed by atoms with Gasteiger partial charge in [0.1, 0.15) is 5.75 Å². The maximum Gasteiger partial charge on any atom is 0.257 e. The summed E-state index contributed by atoms with van der Waals surface area (Å²) in [7, 11) is 0. The van der Waals surface area contributed by atoms with E-state index in [2.05, 4.69) is 13.8 Å². The molecule has 0 unspecified atom stereocenters. The number of benzene rings is 1. The van der Waals surface area contributed by atoms with Crippen LogP contribution in [0.2, 0.25) is 5.02 Å². The van der Waals surface area contributed by atoms with Gasteiger partial charge in [0.05, 0.1) is 5.56 Å². The summed E-state index contributed by atoms with van der Waals surface area (Å²) in [5, 5.41) is 10.4. The fourth-order valence-corrected chi connectivity index (χ4v) is 3.01. The van der Waals surface area contributed by atoms with Crippen LogP contribution < -0.4 is 0 Å². The molecule has 110 valence electrons. The molecule has 1 fully saturated rings. The van der Waals surface area contributed by atoms with Crippen molar-refractivity contribution in [1.29, 1.82) is 0 Å². The van der Waals surface area contributed by atoms with E-state index in [-0.39, 0.29) is 11.7 Å². The molecule has 0 spiro atoms. The normalized spacial score (nSPS) is 15.8. The van der Waals surface area contributed by atoms with Gasteiger partial charge in [0.15, 0.2) is 0 Å². The number of halogens is 1. The molecular weight excluding hydrogens is 274 g/mol. The standard InChI is InChI=1S/C16H22ClNO2/c1-11(2)10-18(13-5-3-4-6-13)16(20)14-9-12(17)7-8-15(14)19/h7-9,11,13,19H,3-6,10H2,1-2H3. The number of phenols is 1. The second-order valence-electron chi connectivity index (χ2n) is 5.95. The zero-order valence-electron chi connectivity index (χ0n) is 12.1. The lowest BCUT2D eigenvalue weighted by molar-refractivity contribution is 0.0652. The van der Waals surface area contributed by atoms with Crippen LogP contribution in [0.4, 0.5) is 0 Å². The zero-order valence-corrected chi connectivity index (χ0v) is 12.9. The van der Waals surface area contributed by atoms with Crippen LogP contribution in [0.15, 0.2) is 18.2 Å². The highest BCUT2D eigenvalue weighted by molar-refractivity contribution is 6.31. The number of rotatable bonds is 4. The molecule has 1 saturated carbocycles. The number of hydrogen-bond donors (Lipinski definition) is 1. The van der Waals surface area contributed by atoms with Crippen LogP contribution in [0.5, 0.6) is 5.75 Å². The summed E-state index contributed by atoms with van der Waals surface area (Å²) in [6.07, 6.45) is 4.46. The van der Waals surface area contributed by atoms with Gasteiger partial charge in [-0.1, -0.05) is 38.3 Å². The Morgan fingerprint density at radius 2 is 2.05 bits per heavy atom. The maximum atomic E-state index is 12.7. The Morgan fingerprint density at radius 3 is 2.65 bits per heavy atom. The molecule has 0 aromatic heterocycles. The van der Waals surface area contributed by atoms with Crippen LogP contribution >= 0.6 is 11.6 Å². The predicted octanol–water partition coefficient (Wildman–Crippen LogP) is 4.09. The molecule has 0 atom stereocenters. The van der Waals surface area contributed by atoms with Gasteiger partial charge < -0.3 is 10.0 Å².